The number of carboxylic acid groups (broad SMARTS) is 1. The van der Waals surface area contributed by atoms with Crippen molar-refractivity contribution in [2.24, 2.45) is 5.92 Å². The highest BCUT2D eigenvalue weighted by molar-refractivity contribution is 9.10. The number of rotatable bonds is 3. The highest BCUT2D eigenvalue weighted by Crippen LogP contribution is 2.18. The van der Waals surface area contributed by atoms with Gasteiger partial charge in [0.1, 0.15) is 5.65 Å². The van der Waals surface area contributed by atoms with E-state index in [4.69, 9.17) is 5.11 Å². The van der Waals surface area contributed by atoms with Crippen LogP contribution in [0.15, 0.2) is 33.7 Å². The number of halogens is 1. The largest absolute Gasteiger partial charge is 0.481 e. The number of aliphatic carboxylic acids is 1. The molecule has 1 saturated heterocycles. The average molecular weight is 338 g/mol. The highest BCUT2D eigenvalue weighted by Gasteiger charge is 2.32. The molecule has 6 nitrogen and oxygen atoms in total. The minimum absolute atomic E-state index is 0.137. The Morgan fingerprint density at radius 1 is 1.45 bits per heavy atom. The maximum atomic E-state index is 12.0. The number of hydrogen-bond acceptors (Lipinski definition) is 4. The number of carbonyl (C=O) groups is 1. The van der Waals surface area contributed by atoms with Crippen LogP contribution in [0.4, 0.5) is 0 Å². The van der Waals surface area contributed by atoms with Gasteiger partial charge in [0.15, 0.2) is 0 Å². The molecule has 1 aliphatic heterocycles. The number of pyridine rings is 1. The number of hydrogen-bond donors (Lipinski definition) is 1. The van der Waals surface area contributed by atoms with Crippen LogP contribution in [-0.4, -0.2) is 38.4 Å². The van der Waals surface area contributed by atoms with Crippen LogP contribution in [0.5, 0.6) is 0 Å². The predicted molar refractivity (Wildman–Crippen MR) is 75.6 cm³/mol. The lowest BCUT2D eigenvalue weighted by molar-refractivity contribution is -0.147. The Hall–Kier alpha value is -1.73. The lowest BCUT2D eigenvalue weighted by Gasteiger charge is -2.36. The first-order valence-electron chi connectivity index (χ1n) is 6.16. The van der Waals surface area contributed by atoms with E-state index in [9.17, 15) is 9.59 Å². The summed E-state index contributed by atoms with van der Waals surface area (Å²) >= 11 is 3.31. The van der Waals surface area contributed by atoms with Crippen LogP contribution in [0.3, 0.4) is 0 Å². The quantitative estimate of drug-likeness (QED) is 0.903. The molecule has 3 rings (SSSR count). The summed E-state index contributed by atoms with van der Waals surface area (Å²) in [6.07, 6.45) is 1.68. The molecule has 2 aromatic heterocycles. The fourth-order valence-electron chi connectivity index (χ4n) is 2.29. The van der Waals surface area contributed by atoms with Crippen LogP contribution >= 0.6 is 15.9 Å². The van der Waals surface area contributed by atoms with E-state index in [-0.39, 0.29) is 11.5 Å². The monoisotopic (exact) mass is 337 g/mol. The van der Waals surface area contributed by atoms with Crippen LogP contribution in [-0.2, 0) is 11.3 Å². The molecule has 0 spiro atoms. The second kappa shape index (κ2) is 4.99. The number of carboxylic acids is 1. The van der Waals surface area contributed by atoms with E-state index in [0.717, 1.165) is 4.47 Å². The van der Waals surface area contributed by atoms with Gasteiger partial charge in [0.2, 0.25) is 0 Å². The van der Waals surface area contributed by atoms with E-state index < -0.39 is 5.97 Å². The molecule has 104 valence electrons. The van der Waals surface area contributed by atoms with Gasteiger partial charge in [-0.1, -0.05) is 0 Å². The molecule has 7 heteroatoms. The molecular formula is C13H12BrN3O3. The Kier molecular flexibility index (Phi) is 3.31. The van der Waals surface area contributed by atoms with Gasteiger partial charge in [-0.25, -0.2) is 4.98 Å². The summed E-state index contributed by atoms with van der Waals surface area (Å²) in [4.78, 5) is 29.1. The third kappa shape index (κ3) is 2.46. The normalized spacial score (nSPS) is 16.2. The summed E-state index contributed by atoms with van der Waals surface area (Å²) in [6.45, 7) is 1.53. The molecule has 0 atom stereocenters. The van der Waals surface area contributed by atoms with E-state index in [1.54, 1.807) is 12.3 Å². The number of nitrogens with zero attached hydrogens (tertiary/aromatic N) is 3. The Morgan fingerprint density at radius 2 is 2.20 bits per heavy atom. The fraction of sp³-hybridized carbons (Fsp3) is 0.308. The van der Waals surface area contributed by atoms with E-state index in [1.807, 2.05) is 11.0 Å². The molecule has 0 unspecified atom stereocenters. The first-order valence-corrected chi connectivity index (χ1v) is 6.95. The first kappa shape index (κ1) is 13.3. The Morgan fingerprint density at radius 3 is 2.90 bits per heavy atom. The molecule has 0 amide bonds. The van der Waals surface area contributed by atoms with Crippen molar-refractivity contribution in [3.63, 3.8) is 0 Å². The number of likely N-dealkylation sites (tertiary alicyclic amines) is 1. The van der Waals surface area contributed by atoms with Crippen molar-refractivity contribution in [3.05, 3.63) is 44.9 Å². The summed E-state index contributed by atoms with van der Waals surface area (Å²) in [6, 6.07) is 5.09. The van der Waals surface area contributed by atoms with Gasteiger partial charge < -0.3 is 5.11 Å². The van der Waals surface area contributed by atoms with Crippen LogP contribution < -0.4 is 5.56 Å². The summed E-state index contributed by atoms with van der Waals surface area (Å²) in [5, 5.41) is 8.83. The van der Waals surface area contributed by atoms with Crippen LogP contribution in [0, 0.1) is 5.92 Å². The van der Waals surface area contributed by atoms with Crippen molar-refractivity contribution >= 4 is 27.5 Å². The van der Waals surface area contributed by atoms with Crippen LogP contribution in [0.25, 0.3) is 5.65 Å². The van der Waals surface area contributed by atoms with Gasteiger partial charge in [-0.2, -0.15) is 0 Å². The molecule has 1 aliphatic rings. The van der Waals surface area contributed by atoms with Gasteiger partial charge in [0.05, 0.1) is 11.6 Å². The van der Waals surface area contributed by atoms with Gasteiger partial charge in [0.25, 0.3) is 5.56 Å². The Bertz CT molecular complexity index is 737. The second-order valence-corrected chi connectivity index (χ2v) is 5.81. The van der Waals surface area contributed by atoms with E-state index in [0.29, 0.717) is 31.0 Å². The zero-order valence-corrected chi connectivity index (χ0v) is 12.1. The van der Waals surface area contributed by atoms with Gasteiger partial charge in [-0.15, -0.1) is 0 Å². The molecular weight excluding hydrogens is 326 g/mol. The van der Waals surface area contributed by atoms with E-state index >= 15 is 0 Å². The second-order valence-electron chi connectivity index (χ2n) is 4.89. The van der Waals surface area contributed by atoms with Gasteiger partial charge >= 0.3 is 5.97 Å². The standard InChI is InChI=1S/C13H12BrN3O3/c14-9-1-2-11-15-10(3-12(18)17(11)6-9)7-16-4-8(5-16)13(19)20/h1-3,6,8H,4-5,7H2,(H,19,20). The number of fused-ring (bicyclic) bond motifs is 1. The molecule has 0 aromatic carbocycles. The Balaban J connectivity index is 1.82. The lowest BCUT2D eigenvalue weighted by atomic mass is 10.0. The van der Waals surface area contributed by atoms with E-state index in [2.05, 4.69) is 20.9 Å². The van der Waals surface area contributed by atoms with Crippen LogP contribution in [0.2, 0.25) is 0 Å². The molecule has 1 fully saturated rings. The predicted octanol–water partition coefficient (Wildman–Crippen LogP) is 0.973. The van der Waals surface area contributed by atoms with Crippen LogP contribution in [0.1, 0.15) is 5.69 Å². The van der Waals surface area contributed by atoms with Gasteiger partial charge in [0, 0.05) is 36.4 Å². The summed E-state index contributed by atoms with van der Waals surface area (Å²) in [5.74, 6) is -1.06. The van der Waals surface area contributed by atoms with Crippen molar-refractivity contribution in [3.8, 4) is 0 Å². The maximum Gasteiger partial charge on any atom is 0.309 e. The first-order chi connectivity index (χ1) is 9.52. The molecule has 0 radical (unpaired) electrons. The van der Waals surface area contributed by atoms with E-state index in [1.165, 1.54) is 10.5 Å². The minimum atomic E-state index is -0.766. The lowest BCUT2D eigenvalue weighted by Crippen LogP contribution is -2.49. The molecule has 0 bridgehead atoms. The molecule has 2 aromatic rings. The SMILES string of the molecule is O=C(O)C1CN(Cc2cc(=O)n3cc(Br)ccc3n2)C1. The third-order valence-electron chi connectivity index (χ3n) is 3.37. The highest BCUT2D eigenvalue weighted by atomic mass is 79.9. The van der Waals surface area contributed by atoms with Crippen molar-refractivity contribution in [1.82, 2.24) is 14.3 Å². The van der Waals surface area contributed by atoms with Crippen molar-refractivity contribution in [1.29, 1.82) is 0 Å². The Labute approximate surface area is 122 Å². The third-order valence-corrected chi connectivity index (χ3v) is 3.84. The zero-order valence-electron chi connectivity index (χ0n) is 10.5. The molecule has 1 N–H and O–H groups in total. The average Bonchev–Trinajstić information content (AvgIpc) is 2.34. The molecule has 3 heterocycles. The van der Waals surface area contributed by atoms with Crippen molar-refractivity contribution < 1.29 is 9.90 Å². The topological polar surface area (TPSA) is 74.9 Å². The molecule has 20 heavy (non-hydrogen) atoms. The molecule has 0 saturated carbocycles. The van der Waals surface area contributed by atoms with Crippen molar-refractivity contribution in [2.75, 3.05) is 13.1 Å². The smallest absolute Gasteiger partial charge is 0.309 e. The number of aromatic nitrogens is 2. The molecule has 0 aliphatic carbocycles. The van der Waals surface area contributed by atoms with Crippen molar-refractivity contribution in [2.45, 2.75) is 6.54 Å². The van der Waals surface area contributed by atoms with Gasteiger partial charge in [-0.3, -0.25) is 18.9 Å². The maximum absolute atomic E-state index is 12.0. The summed E-state index contributed by atoms with van der Waals surface area (Å²) in [7, 11) is 0. The summed E-state index contributed by atoms with van der Waals surface area (Å²) in [5.41, 5.74) is 1.12. The summed E-state index contributed by atoms with van der Waals surface area (Å²) < 4.78 is 2.29. The zero-order chi connectivity index (χ0) is 14.3. The van der Waals surface area contributed by atoms with Gasteiger partial charge in [-0.05, 0) is 28.1 Å². The fourth-order valence-corrected chi connectivity index (χ4v) is 2.63. The minimum Gasteiger partial charge on any atom is -0.481 e.